The second kappa shape index (κ2) is 5.76. The molecule has 0 spiro atoms. The molecule has 1 saturated heterocycles. The first-order chi connectivity index (χ1) is 9.34. The summed E-state index contributed by atoms with van der Waals surface area (Å²) in [6.45, 7) is 2.03. The molecule has 1 aliphatic heterocycles. The number of aliphatic carboxylic acids is 1. The monoisotopic (exact) mass is 336 g/mol. The van der Waals surface area contributed by atoms with Crippen molar-refractivity contribution in [2.75, 3.05) is 6.54 Å². The lowest BCUT2D eigenvalue weighted by Gasteiger charge is -2.23. The number of carbonyl (C=O) groups is 2. The summed E-state index contributed by atoms with van der Waals surface area (Å²) < 4.78 is 0. The number of rotatable bonds is 2. The van der Waals surface area contributed by atoms with Crippen LogP contribution in [0.1, 0.15) is 23.8 Å². The summed E-state index contributed by atoms with van der Waals surface area (Å²) in [6, 6.07) is -0.424. The maximum Gasteiger partial charge on any atom is 0.308 e. The zero-order chi connectivity index (χ0) is 15.0. The van der Waals surface area contributed by atoms with Crippen molar-refractivity contribution < 1.29 is 14.7 Å². The van der Waals surface area contributed by atoms with Crippen LogP contribution in [-0.2, 0) is 4.79 Å². The Morgan fingerprint density at radius 1 is 1.35 bits per heavy atom. The average Bonchev–Trinajstić information content (AvgIpc) is 2.77. The third kappa shape index (κ3) is 2.57. The smallest absolute Gasteiger partial charge is 0.308 e. The van der Waals surface area contributed by atoms with Gasteiger partial charge in [0.2, 0.25) is 0 Å². The van der Waals surface area contributed by atoms with Gasteiger partial charge in [-0.1, -0.05) is 34.8 Å². The Morgan fingerprint density at radius 2 is 2.00 bits per heavy atom. The molecule has 5 nitrogen and oxygen atoms in total. The lowest BCUT2D eigenvalue weighted by Crippen LogP contribution is -2.38. The van der Waals surface area contributed by atoms with Gasteiger partial charge in [0.1, 0.15) is 5.69 Å². The van der Waals surface area contributed by atoms with Gasteiger partial charge < -0.3 is 10.0 Å². The molecule has 0 radical (unpaired) electrons. The molecule has 2 rings (SSSR count). The number of hydrogen-bond donors (Lipinski definition) is 1. The molecular formula is C12H11Cl3N2O3. The molecular weight excluding hydrogens is 327 g/mol. The lowest BCUT2D eigenvalue weighted by atomic mass is 10.0. The summed E-state index contributed by atoms with van der Waals surface area (Å²) in [5.74, 6) is -1.94. The minimum Gasteiger partial charge on any atom is -0.481 e. The van der Waals surface area contributed by atoms with E-state index in [2.05, 4.69) is 4.98 Å². The second-order valence-corrected chi connectivity index (χ2v) is 5.72. The molecule has 2 unspecified atom stereocenters. The first-order valence-corrected chi connectivity index (χ1v) is 7.01. The van der Waals surface area contributed by atoms with Gasteiger partial charge in [-0.2, -0.15) is 0 Å². The fourth-order valence-corrected chi connectivity index (χ4v) is 2.85. The average molecular weight is 338 g/mol. The van der Waals surface area contributed by atoms with Crippen LogP contribution in [0.25, 0.3) is 0 Å². The molecule has 1 aliphatic rings. The van der Waals surface area contributed by atoms with E-state index in [0.717, 1.165) is 0 Å². The van der Waals surface area contributed by atoms with Crippen LogP contribution in [0.3, 0.4) is 0 Å². The molecule has 2 atom stereocenters. The fraction of sp³-hybridized carbons (Fsp3) is 0.417. The van der Waals surface area contributed by atoms with E-state index < -0.39 is 23.8 Å². The van der Waals surface area contributed by atoms with E-state index in [-0.39, 0.29) is 20.8 Å². The van der Waals surface area contributed by atoms with Crippen molar-refractivity contribution in [3.05, 3.63) is 27.0 Å². The Hall–Kier alpha value is -1.04. The number of carbonyl (C=O) groups excluding carboxylic acids is 1. The number of hydrogen-bond acceptors (Lipinski definition) is 3. The minimum atomic E-state index is -0.916. The van der Waals surface area contributed by atoms with Gasteiger partial charge in [-0.25, -0.2) is 4.98 Å². The molecule has 2 heterocycles. The van der Waals surface area contributed by atoms with Crippen molar-refractivity contribution in [1.29, 1.82) is 0 Å². The highest BCUT2D eigenvalue weighted by Gasteiger charge is 2.39. The Bertz CT molecular complexity index is 579. The minimum absolute atomic E-state index is 0.0149. The number of nitrogens with zero attached hydrogens (tertiary/aromatic N) is 2. The number of halogens is 3. The standard InChI is InChI=1S/C12H11Cl3N2O3/c1-5-6(12(19)20)2-3-17(5)11(18)10-9(15)8(14)7(13)4-16-10/h4-6H,2-3H2,1H3,(H,19,20). The van der Waals surface area contributed by atoms with E-state index in [0.29, 0.717) is 13.0 Å². The molecule has 8 heteroatoms. The quantitative estimate of drug-likeness (QED) is 0.900. The number of carboxylic acids is 1. The maximum absolute atomic E-state index is 12.4. The molecule has 1 amide bonds. The number of aromatic nitrogens is 1. The van der Waals surface area contributed by atoms with E-state index >= 15 is 0 Å². The third-order valence-corrected chi connectivity index (χ3v) is 4.69. The molecule has 1 fully saturated rings. The Morgan fingerprint density at radius 3 is 2.55 bits per heavy atom. The summed E-state index contributed by atoms with van der Waals surface area (Å²) in [5.41, 5.74) is -0.0149. The van der Waals surface area contributed by atoms with Crippen LogP contribution in [0, 0.1) is 5.92 Å². The van der Waals surface area contributed by atoms with E-state index in [1.165, 1.54) is 11.1 Å². The highest BCUT2D eigenvalue weighted by Crippen LogP contribution is 2.33. The molecule has 0 aliphatic carbocycles. The number of carboxylic acid groups (broad SMARTS) is 1. The van der Waals surface area contributed by atoms with Crippen LogP contribution >= 0.6 is 34.8 Å². The van der Waals surface area contributed by atoms with Crippen LogP contribution in [0.2, 0.25) is 15.1 Å². The second-order valence-electron chi connectivity index (χ2n) is 4.56. The summed E-state index contributed by atoms with van der Waals surface area (Å²) in [6.07, 6.45) is 1.65. The molecule has 108 valence electrons. The normalized spacial score (nSPS) is 22.1. The highest BCUT2D eigenvalue weighted by atomic mass is 35.5. The van der Waals surface area contributed by atoms with Gasteiger partial charge in [0, 0.05) is 18.8 Å². The van der Waals surface area contributed by atoms with Crippen LogP contribution in [-0.4, -0.2) is 39.5 Å². The summed E-state index contributed by atoms with van der Waals surface area (Å²) in [7, 11) is 0. The van der Waals surface area contributed by atoms with Crippen molar-refractivity contribution >= 4 is 46.7 Å². The lowest BCUT2D eigenvalue weighted by molar-refractivity contribution is -0.142. The van der Waals surface area contributed by atoms with Gasteiger partial charge in [-0.05, 0) is 13.3 Å². The molecule has 0 saturated carbocycles. The van der Waals surface area contributed by atoms with Crippen molar-refractivity contribution in [2.45, 2.75) is 19.4 Å². The van der Waals surface area contributed by atoms with E-state index in [1.54, 1.807) is 6.92 Å². The van der Waals surface area contributed by atoms with Crippen molar-refractivity contribution in [2.24, 2.45) is 5.92 Å². The predicted molar refractivity (Wildman–Crippen MR) is 75.5 cm³/mol. The van der Waals surface area contributed by atoms with E-state index in [9.17, 15) is 9.59 Å². The van der Waals surface area contributed by atoms with Gasteiger partial charge in [0.15, 0.2) is 0 Å². The van der Waals surface area contributed by atoms with Crippen LogP contribution in [0.5, 0.6) is 0 Å². The largest absolute Gasteiger partial charge is 0.481 e. The van der Waals surface area contributed by atoms with Crippen molar-refractivity contribution in [3.8, 4) is 0 Å². The van der Waals surface area contributed by atoms with Gasteiger partial charge in [-0.15, -0.1) is 0 Å². The number of amides is 1. The Labute approximate surface area is 130 Å². The Kier molecular flexibility index (Phi) is 4.42. The van der Waals surface area contributed by atoms with Gasteiger partial charge >= 0.3 is 5.97 Å². The molecule has 0 bridgehead atoms. The van der Waals surface area contributed by atoms with Crippen molar-refractivity contribution in [1.82, 2.24) is 9.88 Å². The number of pyridine rings is 1. The molecule has 20 heavy (non-hydrogen) atoms. The van der Waals surface area contributed by atoms with Crippen LogP contribution in [0.4, 0.5) is 0 Å². The molecule has 1 N–H and O–H groups in total. The fourth-order valence-electron chi connectivity index (χ4n) is 2.29. The predicted octanol–water partition coefficient (Wildman–Crippen LogP) is 2.98. The maximum atomic E-state index is 12.4. The first-order valence-electron chi connectivity index (χ1n) is 5.87. The molecule has 1 aromatic heterocycles. The van der Waals surface area contributed by atoms with Crippen LogP contribution in [0.15, 0.2) is 6.20 Å². The first kappa shape index (κ1) is 15.4. The van der Waals surface area contributed by atoms with E-state index in [4.69, 9.17) is 39.9 Å². The zero-order valence-electron chi connectivity index (χ0n) is 10.4. The molecule has 1 aromatic rings. The zero-order valence-corrected chi connectivity index (χ0v) is 12.7. The summed E-state index contributed by atoms with van der Waals surface area (Å²) in [5, 5.41) is 9.27. The van der Waals surface area contributed by atoms with E-state index in [1.807, 2.05) is 0 Å². The summed E-state index contributed by atoms with van der Waals surface area (Å²) >= 11 is 17.6. The highest BCUT2D eigenvalue weighted by molar-refractivity contribution is 6.48. The topological polar surface area (TPSA) is 70.5 Å². The van der Waals surface area contributed by atoms with Gasteiger partial charge in [0.05, 0.1) is 21.0 Å². The van der Waals surface area contributed by atoms with Gasteiger partial charge in [-0.3, -0.25) is 9.59 Å². The Balaban J connectivity index is 2.29. The third-order valence-electron chi connectivity index (χ3n) is 3.45. The number of likely N-dealkylation sites (tertiary alicyclic amines) is 1. The SMILES string of the molecule is CC1C(C(=O)O)CCN1C(=O)c1ncc(Cl)c(Cl)c1Cl. The van der Waals surface area contributed by atoms with Crippen molar-refractivity contribution in [3.63, 3.8) is 0 Å². The van der Waals surface area contributed by atoms with Gasteiger partial charge in [0.25, 0.3) is 5.91 Å². The van der Waals surface area contributed by atoms with Crippen LogP contribution < -0.4 is 0 Å². The molecule has 0 aromatic carbocycles. The summed E-state index contributed by atoms with van der Waals surface area (Å²) in [4.78, 5) is 28.8.